The summed E-state index contributed by atoms with van der Waals surface area (Å²) in [7, 11) is -4.10. The van der Waals surface area contributed by atoms with Crippen LogP contribution in [0.4, 0.5) is 5.69 Å². The number of para-hydroxylation sites is 1. The lowest BCUT2D eigenvalue weighted by Gasteiger charge is -2.33. The molecular weight excluding hydrogens is 546 g/mol. The van der Waals surface area contributed by atoms with Gasteiger partial charge in [0.1, 0.15) is 12.6 Å². The maximum atomic E-state index is 14.0. The molecule has 0 radical (unpaired) electrons. The van der Waals surface area contributed by atoms with Crippen molar-refractivity contribution in [2.45, 2.75) is 70.0 Å². The van der Waals surface area contributed by atoms with Gasteiger partial charge in [0.2, 0.25) is 11.8 Å². The van der Waals surface area contributed by atoms with E-state index in [1.54, 1.807) is 74.5 Å². The highest BCUT2D eigenvalue weighted by molar-refractivity contribution is 7.92. The predicted molar refractivity (Wildman–Crippen MR) is 159 cm³/mol. The van der Waals surface area contributed by atoms with Crippen LogP contribution in [0, 0.1) is 13.8 Å². The van der Waals surface area contributed by atoms with Gasteiger partial charge in [0, 0.05) is 17.6 Å². The summed E-state index contributed by atoms with van der Waals surface area (Å²) in [6.45, 7) is 5.00. The number of hydrogen-bond donors (Lipinski definition) is 1. The van der Waals surface area contributed by atoms with Crippen LogP contribution in [0.15, 0.2) is 77.7 Å². The molecule has 3 aromatic rings. The minimum absolute atomic E-state index is 0.0857. The summed E-state index contributed by atoms with van der Waals surface area (Å²) in [5, 5.41) is 3.59. The molecule has 1 aliphatic rings. The van der Waals surface area contributed by atoms with Gasteiger partial charge in [-0.15, -0.1) is 0 Å². The Morgan fingerprint density at radius 1 is 0.975 bits per heavy atom. The number of amides is 2. The molecule has 1 atom stereocenters. The van der Waals surface area contributed by atoms with Gasteiger partial charge in [0.25, 0.3) is 10.0 Å². The first-order valence-electron chi connectivity index (χ1n) is 13.6. The highest BCUT2D eigenvalue weighted by Gasteiger charge is 2.33. The van der Waals surface area contributed by atoms with Crippen LogP contribution in [0.3, 0.4) is 0 Å². The number of anilines is 1. The second-order valence-electron chi connectivity index (χ2n) is 10.4. The third kappa shape index (κ3) is 7.04. The summed E-state index contributed by atoms with van der Waals surface area (Å²) >= 11 is 6.21. The first-order chi connectivity index (χ1) is 19.1. The van der Waals surface area contributed by atoms with Crippen molar-refractivity contribution in [1.29, 1.82) is 0 Å². The van der Waals surface area contributed by atoms with Crippen LogP contribution in [0.25, 0.3) is 0 Å². The van der Waals surface area contributed by atoms with E-state index in [1.807, 2.05) is 19.1 Å². The Hall–Kier alpha value is -3.36. The SMILES string of the molecule is Cc1ccc(S(=O)(=O)N(CC(=O)N(Cc2cccc(Cl)c2)[C@H](C)C(=O)NC2CCCC2)c2ccccc2C)cc1. The van der Waals surface area contributed by atoms with E-state index in [9.17, 15) is 18.0 Å². The van der Waals surface area contributed by atoms with Crippen molar-refractivity contribution >= 4 is 39.1 Å². The van der Waals surface area contributed by atoms with Crippen LogP contribution >= 0.6 is 11.6 Å². The van der Waals surface area contributed by atoms with Gasteiger partial charge in [-0.05, 0) is 75.1 Å². The number of nitrogens with one attached hydrogen (secondary N) is 1. The summed E-state index contributed by atoms with van der Waals surface area (Å²) < 4.78 is 29.0. The first kappa shape index (κ1) is 29.6. The van der Waals surface area contributed by atoms with E-state index in [1.165, 1.54) is 4.90 Å². The van der Waals surface area contributed by atoms with Gasteiger partial charge in [0.05, 0.1) is 10.6 Å². The third-order valence-electron chi connectivity index (χ3n) is 7.38. The Labute approximate surface area is 242 Å². The molecule has 212 valence electrons. The number of aryl methyl sites for hydroxylation is 2. The van der Waals surface area contributed by atoms with E-state index >= 15 is 0 Å². The number of carbonyl (C=O) groups excluding carboxylic acids is 2. The molecule has 9 heteroatoms. The molecule has 0 bridgehead atoms. The van der Waals surface area contributed by atoms with E-state index in [0.717, 1.165) is 41.1 Å². The molecule has 1 aliphatic carbocycles. The lowest BCUT2D eigenvalue weighted by molar-refractivity contribution is -0.139. The number of halogens is 1. The van der Waals surface area contributed by atoms with Gasteiger partial charge < -0.3 is 10.2 Å². The second kappa shape index (κ2) is 12.9. The molecule has 1 N–H and O–H groups in total. The van der Waals surface area contributed by atoms with Gasteiger partial charge >= 0.3 is 0 Å². The van der Waals surface area contributed by atoms with Crippen LogP contribution in [-0.4, -0.2) is 43.8 Å². The number of benzene rings is 3. The molecule has 2 amide bonds. The molecule has 0 spiro atoms. The van der Waals surface area contributed by atoms with E-state index in [0.29, 0.717) is 16.3 Å². The maximum Gasteiger partial charge on any atom is 0.264 e. The Morgan fingerprint density at radius 2 is 1.65 bits per heavy atom. The Balaban J connectivity index is 1.69. The summed E-state index contributed by atoms with van der Waals surface area (Å²) in [6.07, 6.45) is 3.95. The number of sulfonamides is 1. The normalized spacial score (nSPS) is 14.5. The van der Waals surface area contributed by atoms with E-state index in [4.69, 9.17) is 11.6 Å². The summed E-state index contributed by atoms with van der Waals surface area (Å²) in [5.41, 5.74) is 2.78. The molecule has 7 nitrogen and oxygen atoms in total. The summed E-state index contributed by atoms with van der Waals surface area (Å²) in [4.78, 5) is 28.9. The number of rotatable bonds is 10. The zero-order chi connectivity index (χ0) is 28.9. The van der Waals surface area contributed by atoms with Gasteiger partial charge in [-0.25, -0.2) is 8.42 Å². The van der Waals surface area contributed by atoms with Crippen LogP contribution in [0.2, 0.25) is 5.02 Å². The number of carbonyl (C=O) groups is 2. The number of hydrogen-bond acceptors (Lipinski definition) is 4. The van der Waals surface area contributed by atoms with Gasteiger partial charge in [-0.2, -0.15) is 0 Å². The maximum absolute atomic E-state index is 14.0. The highest BCUT2D eigenvalue weighted by atomic mass is 35.5. The van der Waals surface area contributed by atoms with Crippen LogP contribution in [-0.2, 0) is 26.2 Å². The van der Waals surface area contributed by atoms with E-state index < -0.39 is 28.5 Å². The van der Waals surface area contributed by atoms with E-state index in [-0.39, 0.29) is 23.4 Å². The van der Waals surface area contributed by atoms with Crippen molar-refractivity contribution in [2.24, 2.45) is 0 Å². The number of nitrogens with zero attached hydrogens (tertiary/aromatic N) is 2. The van der Waals surface area contributed by atoms with Crippen molar-refractivity contribution in [3.05, 3.63) is 94.5 Å². The molecule has 3 aromatic carbocycles. The molecule has 0 aromatic heterocycles. The van der Waals surface area contributed by atoms with Gasteiger partial charge in [-0.3, -0.25) is 13.9 Å². The largest absolute Gasteiger partial charge is 0.352 e. The minimum Gasteiger partial charge on any atom is -0.352 e. The monoisotopic (exact) mass is 581 g/mol. The predicted octanol–water partition coefficient (Wildman–Crippen LogP) is 5.63. The standard InChI is InChI=1S/C31H36ClN3O4S/c1-22-15-17-28(18-16-22)40(38,39)35(29-14-7-4-9-23(29)2)21-30(36)34(20-25-10-8-11-26(32)19-25)24(3)31(37)33-27-12-5-6-13-27/h4,7-11,14-19,24,27H,5-6,12-13,20-21H2,1-3H3,(H,33,37)/t24-/m1/s1. The Bertz CT molecular complexity index is 1450. The molecule has 0 heterocycles. The molecule has 1 fully saturated rings. The molecular formula is C31H36ClN3O4S. The van der Waals surface area contributed by atoms with Gasteiger partial charge in [-0.1, -0.05) is 72.5 Å². The Morgan fingerprint density at radius 3 is 2.30 bits per heavy atom. The fraction of sp³-hybridized carbons (Fsp3) is 0.355. The second-order valence-corrected chi connectivity index (χ2v) is 12.7. The summed E-state index contributed by atoms with van der Waals surface area (Å²) in [5.74, 6) is -0.751. The highest BCUT2D eigenvalue weighted by Crippen LogP contribution is 2.28. The van der Waals surface area contributed by atoms with Crippen LogP contribution in [0.1, 0.15) is 49.3 Å². The van der Waals surface area contributed by atoms with Crippen molar-refractivity contribution < 1.29 is 18.0 Å². The van der Waals surface area contributed by atoms with Crippen molar-refractivity contribution in [1.82, 2.24) is 10.2 Å². The fourth-order valence-corrected chi connectivity index (χ4v) is 6.69. The zero-order valence-corrected chi connectivity index (χ0v) is 24.7. The van der Waals surface area contributed by atoms with Crippen LogP contribution < -0.4 is 9.62 Å². The lowest BCUT2D eigenvalue weighted by Crippen LogP contribution is -2.52. The lowest BCUT2D eigenvalue weighted by atomic mass is 10.1. The molecule has 40 heavy (non-hydrogen) atoms. The van der Waals surface area contributed by atoms with Crippen molar-refractivity contribution in [3.63, 3.8) is 0 Å². The van der Waals surface area contributed by atoms with Crippen LogP contribution in [0.5, 0.6) is 0 Å². The van der Waals surface area contributed by atoms with Crippen molar-refractivity contribution in [3.8, 4) is 0 Å². The topological polar surface area (TPSA) is 86.8 Å². The average molecular weight is 582 g/mol. The average Bonchev–Trinajstić information content (AvgIpc) is 3.43. The minimum atomic E-state index is -4.10. The van der Waals surface area contributed by atoms with E-state index in [2.05, 4.69) is 5.32 Å². The molecule has 0 aliphatic heterocycles. The van der Waals surface area contributed by atoms with Gasteiger partial charge in [0.15, 0.2) is 0 Å². The molecule has 1 saturated carbocycles. The quantitative estimate of drug-likeness (QED) is 0.336. The Kier molecular flexibility index (Phi) is 9.53. The molecule has 4 rings (SSSR count). The zero-order valence-electron chi connectivity index (χ0n) is 23.1. The molecule has 0 saturated heterocycles. The van der Waals surface area contributed by atoms with Crippen molar-refractivity contribution in [2.75, 3.05) is 10.8 Å². The summed E-state index contributed by atoms with van der Waals surface area (Å²) in [6, 6.07) is 19.9. The first-order valence-corrected chi connectivity index (χ1v) is 15.4. The fourth-order valence-electron chi connectivity index (χ4n) is 5.00. The third-order valence-corrected chi connectivity index (χ3v) is 9.39. The smallest absolute Gasteiger partial charge is 0.264 e. The molecule has 0 unspecified atom stereocenters.